The van der Waals surface area contributed by atoms with Crippen LogP contribution >= 0.6 is 34.8 Å². The van der Waals surface area contributed by atoms with Gasteiger partial charge in [0.05, 0.1) is 11.3 Å². The number of ketones is 1. The third-order valence-electron chi connectivity index (χ3n) is 3.28. The molecule has 0 amide bonds. The zero-order valence-electron chi connectivity index (χ0n) is 12.2. The molecule has 0 radical (unpaired) electrons. The summed E-state index contributed by atoms with van der Waals surface area (Å²) in [6.45, 7) is 0. The summed E-state index contributed by atoms with van der Waals surface area (Å²) in [5, 5.41) is 1.29. The van der Waals surface area contributed by atoms with Crippen LogP contribution < -0.4 is 4.74 Å². The summed E-state index contributed by atoms with van der Waals surface area (Å²) >= 11 is 17.9. The van der Waals surface area contributed by atoms with Gasteiger partial charge in [0.2, 0.25) is 12.0 Å². The van der Waals surface area contributed by atoms with Crippen molar-refractivity contribution in [1.82, 2.24) is 9.55 Å². The zero-order chi connectivity index (χ0) is 17.1. The topological polar surface area (TPSA) is 44.1 Å². The number of Topliss-reactive ketones (excluding diaryl/α,β-unsaturated/α-hetero) is 1. The van der Waals surface area contributed by atoms with E-state index in [9.17, 15) is 4.79 Å². The molecule has 0 aliphatic carbocycles. The molecule has 24 heavy (non-hydrogen) atoms. The number of carbonyl (C=O) groups is 1. The van der Waals surface area contributed by atoms with Gasteiger partial charge in [-0.05, 0) is 42.5 Å². The lowest BCUT2D eigenvalue weighted by molar-refractivity contribution is 0.0653. The van der Waals surface area contributed by atoms with E-state index in [1.807, 2.05) is 0 Å². The molecule has 0 aliphatic rings. The Bertz CT molecular complexity index is 849. The quantitative estimate of drug-likeness (QED) is 0.563. The third-order valence-corrected chi connectivity index (χ3v) is 4.08. The van der Waals surface area contributed by atoms with Crippen molar-refractivity contribution in [3.8, 4) is 5.75 Å². The van der Waals surface area contributed by atoms with Crippen LogP contribution in [0.2, 0.25) is 15.1 Å². The molecule has 0 saturated carbocycles. The molecule has 7 heteroatoms. The first-order valence-electron chi connectivity index (χ1n) is 6.93. The maximum atomic E-state index is 12.9. The molecule has 0 saturated heterocycles. The second-order valence-electron chi connectivity index (χ2n) is 4.92. The van der Waals surface area contributed by atoms with E-state index in [4.69, 9.17) is 39.5 Å². The van der Waals surface area contributed by atoms with Gasteiger partial charge >= 0.3 is 0 Å². The maximum Gasteiger partial charge on any atom is 0.241 e. The van der Waals surface area contributed by atoms with Crippen LogP contribution in [0.5, 0.6) is 5.75 Å². The van der Waals surface area contributed by atoms with Crippen LogP contribution in [-0.2, 0) is 0 Å². The Kier molecular flexibility index (Phi) is 5.09. The summed E-state index contributed by atoms with van der Waals surface area (Å²) in [5.41, 5.74) is 0.314. The number of hydrogen-bond donors (Lipinski definition) is 0. The van der Waals surface area contributed by atoms with Gasteiger partial charge in [0, 0.05) is 28.0 Å². The SMILES string of the molecule is O=C(c1ccc(Cl)cc1Cl)[C@@H](Oc1ccc(Cl)cc1)n1ccnc1. The number of aromatic nitrogens is 2. The van der Waals surface area contributed by atoms with Crippen LogP contribution in [0, 0.1) is 0 Å². The van der Waals surface area contributed by atoms with E-state index < -0.39 is 6.23 Å². The number of rotatable bonds is 5. The first kappa shape index (κ1) is 16.8. The molecule has 122 valence electrons. The summed E-state index contributed by atoms with van der Waals surface area (Å²) in [4.78, 5) is 16.9. The van der Waals surface area contributed by atoms with Gasteiger partial charge < -0.3 is 4.74 Å². The Hall–Kier alpha value is -2.01. The molecule has 1 atom stereocenters. The minimum atomic E-state index is -0.952. The Morgan fingerprint density at radius 2 is 1.75 bits per heavy atom. The van der Waals surface area contributed by atoms with E-state index >= 15 is 0 Å². The fourth-order valence-electron chi connectivity index (χ4n) is 2.12. The zero-order valence-corrected chi connectivity index (χ0v) is 14.5. The van der Waals surface area contributed by atoms with Crippen molar-refractivity contribution in [3.05, 3.63) is 81.8 Å². The van der Waals surface area contributed by atoms with Crippen LogP contribution in [0.3, 0.4) is 0 Å². The second kappa shape index (κ2) is 7.26. The second-order valence-corrected chi connectivity index (χ2v) is 6.20. The summed E-state index contributed by atoms with van der Waals surface area (Å²) in [5.74, 6) is 0.182. The molecular formula is C17H11Cl3N2O2. The van der Waals surface area contributed by atoms with E-state index in [0.29, 0.717) is 21.4 Å². The Balaban J connectivity index is 1.95. The summed E-state index contributed by atoms with van der Waals surface area (Å²) in [6, 6.07) is 11.4. The van der Waals surface area contributed by atoms with E-state index in [0.717, 1.165) is 0 Å². The molecule has 0 bridgehead atoms. The lowest BCUT2D eigenvalue weighted by Gasteiger charge is -2.20. The van der Waals surface area contributed by atoms with Crippen molar-refractivity contribution in [1.29, 1.82) is 0 Å². The Morgan fingerprint density at radius 1 is 1.04 bits per heavy atom. The smallest absolute Gasteiger partial charge is 0.241 e. The molecule has 3 aromatic rings. The van der Waals surface area contributed by atoms with Gasteiger partial charge in [-0.3, -0.25) is 9.36 Å². The van der Waals surface area contributed by atoms with Crippen LogP contribution in [0.4, 0.5) is 0 Å². The highest BCUT2D eigenvalue weighted by Crippen LogP contribution is 2.27. The van der Waals surface area contributed by atoms with Crippen molar-refractivity contribution >= 4 is 40.6 Å². The minimum absolute atomic E-state index is 0.261. The molecule has 0 spiro atoms. The van der Waals surface area contributed by atoms with Crippen molar-refractivity contribution < 1.29 is 9.53 Å². The number of carbonyl (C=O) groups excluding carboxylic acids is 1. The predicted octanol–water partition coefficient (Wildman–Crippen LogP) is 5.30. The average Bonchev–Trinajstić information content (AvgIpc) is 3.08. The fraction of sp³-hybridized carbons (Fsp3) is 0.0588. The molecule has 1 aromatic heterocycles. The molecule has 0 aliphatic heterocycles. The molecule has 0 unspecified atom stereocenters. The number of nitrogens with zero attached hydrogens (tertiary/aromatic N) is 2. The lowest BCUT2D eigenvalue weighted by Crippen LogP contribution is -2.24. The normalized spacial score (nSPS) is 12.0. The van der Waals surface area contributed by atoms with Crippen LogP contribution in [0.1, 0.15) is 16.6 Å². The number of ether oxygens (including phenoxy) is 1. The third kappa shape index (κ3) is 3.73. The minimum Gasteiger partial charge on any atom is -0.462 e. The molecule has 0 fully saturated rings. The largest absolute Gasteiger partial charge is 0.462 e. The standard InChI is InChI=1S/C17H11Cl3N2O2/c18-11-1-4-13(5-2-11)24-17(22-8-7-21-10-22)16(23)14-6-3-12(19)9-15(14)20/h1-10,17H/t17-/m1/s1. The number of hydrogen-bond acceptors (Lipinski definition) is 3. The van der Waals surface area contributed by atoms with E-state index in [1.54, 1.807) is 53.4 Å². The van der Waals surface area contributed by atoms with E-state index in [2.05, 4.69) is 4.98 Å². The molecule has 4 nitrogen and oxygen atoms in total. The highest BCUT2D eigenvalue weighted by molar-refractivity contribution is 6.37. The van der Waals surface area contributed by atoms with Crippen molar-refractivity contribution in [3.63, 3.8) is 0 Å². The Morgan fingerprint density at radius 3 is 2.38 bits per heavy atom. The summed E-state index contributed by atoms with van der Waals surface area (Å²) < 4.78 is 7.40. The lowest BCUT2D eigenvalue weighted by atomic mass is 10.1. The average molecular weight is 382 g/mol. The van der Waals surface area contributed by atoms with Gasteiger partial charge in [-0.2, -0.15) is 0 Å². The monoisotopic (exact) mass is 380 g/mol. The van der Waals surface area contributed by atoms with Gasteiger partial charge in [-0.1, -0.05) is 34.8 Å². The summed E-state index contributed by atoms with van der Waals surface area (Å²) in [6.07, 6.45) is 3.76. The number of imidazole rings is 1. The molecule has 2 aromatic carbocycles. The van der Waals surface area contributed by atoms with Gasteiger partial charge in [0.15, 0.2) is 0 Å². The van der Waals surface area contributed by atoms with Crippen LogP contribution in [0.15, 0.2) is 61.2 Å². The Labute approximate surface area is 153 Å². The van der Waals surface area contributed by atoms with E-state index in [-0.39, 0.29) is 10.8 Å². The predicted molar refractivity (Wildman–Crippen MR) is 94.1 cm³/mol. The first-order chi connectivity index (χ1) is 11.5. The van der Waals surface area contributed by atoms with Gasteiger partial charge in [-0.25, -0.2) is 4.98 Å². The van der Waals surface area contributed by atoms with Crippen LogP contribution in [0.25, 0.3) is 0 Å². The first-order valence-corrected chi connectivity index (χ1v) is 8.07. The van der Waals surface area contributed by atoms with Crippen molar-refractivity contribution in [2.24, 2.45) is 0 Å². The van der Waals surface area contributed by atoms with Crippen molar-refractivity contribution in [2.45, 2.75) is 6.23 Å². The van der Waals surface area contributed by atoms with E-state index in [1.165, 1.54) is 12.4 Å². The van der Waals surface area contributed by atoms with Gasteiger partial charge in [0.25, 0.3) is 0 Å². The van der Waals surface area contributed by atoms with Gasteiger partial charge in [-0.15, -0.1) is 0 Å². The van der Waals surface area contributed by atoms with Crippen LogP contribution in [-0.4, -0.2) is 15.3 Å². The number of benzene rings is 2. The number of halogens is 3. The molecule has 3 rings (SSSR count). The highest BCUT2D eigenvalue weighted by atomic mass is 35.5. The van der Waals surface area contributed by atoms with Crippen molar-refractivity contribution in [2.75, 3.05) is 0 Å². The fourth-order valence-corrected chi connectivity index (χ4v) is 2.75. The molecule has 1 heterocycles. The molecule has 0 N–H and O–H groups in total. The molecular weight excluding hydrogens is 371 g/mol. The highest BCUT2D eigenvalue weighted by Gasteiger charge is 2.25. The van der Waals surface area contributed by atoms with Gasteiger partial charge in [0.1, 0.15) is 5.75 Å². The summed E-state index contributed by atoms with van der Waals surface area (Å²) in [7, 11) is 0. The maximum absolute atomic E-state index is 12.9.